The minimum Gasteiger partial charge on any atom is -0.269 e. The zero-order chi connectivity index (χ0) is 14.1. The fourth-order valence-electron chi connectivity index (χ4n) is 2.73. The van der Waals surface area contributed by atoms with Gasteiger partial charge in [0, 0.05) is 0 Å². The third-order valence-electron chi connectivity index (χ3n) is 3.71. The smallest absolute Gasteiger partial charge is 0.262 e. The van der Waals surface area contributed by atoms with Crippen LogP contribution in [-0.4, -0.2) is 16.7 Å². The molecule has 0 N–H and O–H groups in total. The molecule has 100 valence electrons. The van der Waals surface area contributed by atoms with Crippen LogP contribution in [0.15, 0.2) is 54.6 Å². The lowest BCUT2D eigenvalue weighted by Gasteiger charge is -2.25. The third kappa shape index (κ3) is 1.83. The van der Waals surface area contributed by atoms with Gasteiger partial charge in [-0.1, -0.05) is 49.4 Å². The maximum atomic E-state index is 12.5. The number of benzene rings is 2. The molecule has 1 aliphatic rings. The highest BCUT2D eigenvalue weighted by Crippen LogP contribution is 2.32. The molecule has 2 aromatic rings. The average molecular weight is 265 g/mol. The highest BCUT2D eigenvalue weighted by Gasteiger charge is 2.39. The zero-order valence-corrected chi connectivity index (χ0v) is 11.2. The van der Waals surface area contributed by atoms with Gasteiger partial charge in [-0.15, -0.1) is 0 Å². The van der Waals surface area contributed by atoms with E-state index >= 15 is 0 Å². The Bertz CT molecular complexity index is 629. The number of carbonyl (C=O) groups is 2. The first kappa shape index (κ1) is 12.6. The molecule has 3 nitrogen and oxygen atoms in total. The number of carbonyl (C=O) groups excluding carboxylic acids is 2. The van der Waals surface area contributed by atoms with Gasteiger partial charge in [0.2, 0.25) is 0 Å². The Hall–Kier alpha value is -2.42. The molecule has 1 aliphatic heterocycles. The van der Waals surface area contributed by atoms with E-state index < -0.39 is 0 Å². The summed E-state index contributed by atoms with van der Waals surface area (Å²) in [5, 5.41) is 0. The molecule has 2 aromatic carbocycles. The largest absolute Gasteiger partial charge is 0.269 e. The molecule has 20 heavy (non-hydrogen) atoms. The second-order valence-corrected chi connectivity index (χ2v) is 4.86. The van der Waals surface area contributed by atoms with Crippen LogP contribution in [0.4, 0.5) is 0 Å². The molecule has 0 bridgehead atoms. The van der Waals surface area contributed by atoms with Gasteiger partial charge in [0.25, 0.3) is 11.8 Å². The summed E-state index contributed by atoms with van der Waals surface area (Å²) in [5.74, 6) is -0.386. The van der Waals surface area contributed by atoms with Crippen molar-refractivity contribution in [1.29, 1.82) is 0 Å². The molecular formula is C17H15NO2. The standard InChI is InChI=1S/C17H15NO2/c1-2-15(12-8-4-3-5-9-12)18-16(19)13-10-6-7-11-14(13)17(18)20/h3-11,15H,2H2,1H3. The van der Waals surface area contributed by atoms with Crippen LogP contribution in [0, 0.1) is 0 Å². The summed E-state index contributed by atoms with van der Waals surface area (Å²) < 4.78 is 0. The topological polar surface area (TPSA) is 37.4 Å². The molecular weight excluding hydrogens is 250 g/mol. The third-order valence-corrected chi connectivity index (χ3v) is 3.71. The second-order valence-electron chi connectivity index (χ2n) is 4.86. The maximum absolute atomic E-state index is 12.5. The van der Waals surface area contributed by atoms with E-state index in [-0.39, 0.29) is 17.9 Å². The van der Waals surface area contributed by atoms with Crippen LogP contribution >= 0.6 is 0 Å². The average Bonchev–Trinajstić information content (AvgIpc) is 2.75. The summed E-state index contributed by atoms with van der Waals surface area (Å²) in [4.78, 5) is 26.4. The van der Waals surface area contributed by atoms with Gasteiger partial charge in [0.15, 0.2) is 0 Å². The minimum absolute atomic E-state index is 0.193. The minimum atomic E-state index is -0.205. The van der Waals surface area contributed by atoms with Crippen molar-refractivity contribution in [3.8, 4) is 0 Å². The Morgan fingerprint density at radius 2 is 1.35 bits per heavy atom. The Morgan fingerprint density at radius 1 is 0.850 bits per heavy atom. The van der Waals surface area contributed by atoms with E-state index in [0.717, 1.165) is 5.56 Å². The molecule has 2 amide bonds. The number of hydrogen-bond donors (Lipinski definition) is 0. The molecule has 0 fully saturated rings. The number of hydrogen-bond acceptors (Lipinski definition) is 2. The number of rotatable bonds is 3. The highest BCUT2D eigenvalue weighted by atomic mass is 16.2. The van der Waals surface area contributed by atoms with Crippen LogP contribution < -0.4 is 0 Å². The fraction of sp³-hybridized carbons (Fsp3) is 0.176. The van der Waals surface area contributed by atoms with Crippen molar-refractivity contribution < 1.29 is 9.59 Å². The van der Waals surface area contributed by atoms with E-state index in [4.69, 9.17) is 0 Å². The molecule has 0 saturated carbocycles. The Labute approximate surface area is 117 Å². The van der Waals surface area contributed by atoms with E-state index in [9.17, 15) is 9.59 Å². The number of amides is 2. The van der Waals surface area contributed by atoms with Crippen molar-refractivity contribution in [3.63, 3.8) is 0 Å². The Kier molecular flexibility index (Phi) is 3.11. The first-order valence-electron chi connectivity index (χ1n) is 6.76. The summed E-state index contributed by atoms with van der Waals surface area (Å²) >= 11 is 0. The molecule has 0 aromatic heterocycles. The van der Waals surface area contributed by atoms with Gasteiger partial charge in [0.05, 0.1) is 17.2 Å². The molecule has 0 aliphatic carbocycles. The number of fused-ring (bicyclic) bond motifs is 1. The predicted octanol–water partition coefficient (Wildman–Crippen LogP) is 3.43. The lowest BCUT2D eigenvalue weighted by Crippen LogP contribution is -2.33. The summed E-state index contributed by atoms with van der Waals surface area (Å²) in [6.07, 6.45) is 0.704. The lowest BCUT2D eigenvalue weighted by atomic mass is 10.0. The molecule has 1 unspecified atom stereocenters. The fourth-order valence-corrected chi connectivity index (χ4v) is 2.73. The molecule has 3 heteroatoms. The van der Waals surface area contributed by atoms with Crippen molar-refractivity contribution >= 4 is 11.8 Å². The molecule has 1 atom stereocenters. The summed E-state index contributed by atoms with van der Waals surface area (Å²) in [6.45, 7) is 1.99. The lowest BCUT2D eigenvalue weighted by molar-refractivity contribution is 0.0578. The summed E-state index contributed by atoms with van der Waals surface area (Å²) in [7, 11) is 0. The van der Waals surface area contributed by atoms with Crippen LogP contribution in [0.2, 0.25) is 0 Å². The van der Waals surface area contributed by atoms with Crippen molar-refractivity contribution in [2.45, 2.75) is 19.4 Å². The first-order chi connectivity index (χ1) is 9.74. The van der Waals surface area contributed by atoms with Gasteiger partial charge in [0.1, 0.15) is 0 Å². The van der Waals surface area contributed by atoms with Crippen molar-refractivity contribution in [2.75, 3.05) is 0 Å². The molecule has 0 spiro atoms. The highest BCUT2D eigenvalue weighted by molar-refractivity contribution is 6.21. The van der Waals surface area contributed by atoms with Crippen LogP contribution in [0.1, 0.15) is 45.7 Å². The van der Waals surface area contributed by atoms with Crippen molar-refractivity contribution in [2.24, 2.45) is 0 Å². The van der Waals surface area contributed by atoms with E-state index in [0.29, 0.717) is 17.5 Å². The van der Waals surface area contributed by atoms with Crippen LogP contribution in [0.25, 0.3) is 0 Å². The predicted molar refractivity (Wildman–Crippen MR) is 76.4 cm³/mol. The van der Waals surface area contributed by atoms with E-state index in [2.05, 4.69) is 0 Å². The van der Waals surface area contributed by atoms with Gasteiger partial charge in [-0.2, -0.15) is 0 Å². The number of imide groups is 1. The number of nitrogens with zero attached hydrogens (tertiary/aromatic N) is 1. The van der Waals surface area contributed by atoms with Crippen molar-refractivity contribution in [3.05, 3.63) is 71.3 Å². The van der Waals surface area contributed by atoms with Crippen molar-refractivity contribution in [1.82, 2.24) is 4.90 Å². The zero-order valence-electron chi connectivity index (χ0n) is 11.2. The molecule has 0 radical (unpaired) electrons. The molecule has 3 rings (SSSR count). The van der Waals surface area contributed by atoms with Crippen LogP contribution in [-0.2, 0) is 0 Å². The van der Waals surface area contributed by atoms with Crippen LogP contribution in [0.3, 0.4) is 0 Å². The Balaban J connectivity index is 2.03. The maximum Gasteiger partial charge on any atom is 0.262 e. The van der Waals surface area contributed by atoms with Gasteiger partial charge in [-0.05, 0) is 24.1 Å². The van der Waals surface area contributed by atoms with E-state index in [1.807, 2.05) is 37.3 Å². The van der Waals surface area contributed by atoms with E-state index in [1.54, 1.807) is 24.3 Å². The van der Waals surface area contributed by atoms with Crippen LogP contribution in [0.5, 0.6) is 0 Å². The van der Waals surface area contributed by atoms with Gasteiger partial charge in [-0.3, -0.25) is 14.5 Å². The normalized spacial score (nSPS) is 15.3. The summed E-state index contributed by atoms with van der Waals surface area (Å²) in [5.41, 5.74) is 2.00. The van der Waals surface area contributed by atoms with Gasteiger partial charge >= 0.3 is 0 Å². The summed E-state index contributed by atoms with van der Waals surface area (Å²) in [6, 6.07) is 16.5. The second kappa shape index (κ2) is 4.93. The quantitative estimate of drug-likeness (QED) is 0.797. The molecule has 0 saturated heterocycles. The first-order valence-corrected chi connectivity index (χ1v) is 6.76. The Morgan fingerprint density at radius 3 is 1.85 bits per heavy atom. The van der Waals surface area contributed by atoms with Gasteiger partial charge in [-0.25, -0.2) is 0 Å². The van der Waals surface area contributed by atoms with E-state index in [1.165, 1.54) is 4.90 Å². The van der Waals surface area contributed by atoms with Gasteiger partial charge < -0.3 is 0 Å². The molecule has 1 heterocycles. The SMILES string of the molecule is CCC(c1ccccc1)N1C(=O)c2ccccc2C1=O. The monoisotopic (exact) mass is 265 g/mol.